The van der Waals surface area contributed by atoms with E-state index in [1.807, 2.05) is 70.2 Å². The molecule has 0 aromatic heterocycles. The van der Waals surface area contributed by atoms with Crippen molar-refractivity contribution in [1.29, 1.82) is 0 Å². The standard InChI is InChI=1S/C34H43N3O5/c1-8-16-35(7)30(39)27-28-31(40)37(26(20-38)21(3)4)29(34(28)19-22(5)33(27,6)42-34)32(41)36(17-9-2)25-15-14-23-12-10-11-13-24(23)18-25/h8-15,18,21-22,26-29,38H,1-2,16-17,19-20H2,3-7H3/t22?,26-,27-,28-,29?,33+,34?/m0/s1. The van der Waals surface area contributed by atoms with Gasteiger partial charge in [-0.25, -0.2) is 0 Å². The predicted octanol–water partition coefficient (Wildman–Crippen LogP) is 4.03. The number of nitrogens with zero attached hydrogens (tertiary/aromatic N) is 3. The Balaban J connectivity index is 1.67. The maximum atomic E-state index is 14.9. The number of aliphatic hydroxyl groups excluding tert-OH is 1. The van der Waals surface area contributed by atoms with E-state index < -0.39 is 35.1 Å². The van der Waals surface area contributed by atoms with Crippen LogP contribution in [0.2, 0.25) is 0 Å². The zero-order valence-electron chi connectivity index (χ0n) is 25.3. The lowest BCUT2D eigenvalue weighted by Gasteiger charge is -2.40. The van der Waals surface area contributed by atoms with E-state index >= 15 is 0 Å². The fraction of sp³-hybridized carbons (Fsp3) is 0.500. The van der Waals surface area contributed by atoms with Crippen LogP contribution in [-0.2, 0) is 19.1 Å². The molecule has 7 atom stereocenters. The van der Waals surface area contributed by atoms with Gasteiger partial charge >= 0.3 is 0 Å². The van der Waals surface area contributed by atoms with E-state index in [4.69, 9.17) is 4.74 Å². The van der Waals surface area contributed by atoms with Crippen molar-refractivity contribution in [3.8, 4) is 0 Å². The first kappa shape index (κ1) is 30.0. The van der Waals surface area contributed by atoms with Gasteiger partial charge in [0.05, 0.1) is 30.1 Å². The van der Waals surface area contributed by atoms with Crippen LogP contribution in [0.15, 0.2) is 67.8 Å². The van der Waals surface area contributed by atoms with Crippen molar-refractivity contribution in [2.24, 2.45) is 23.7 Å². The molecule has 1 N–H and O–H groups in total. The molecule has 0 saturated carbocycles. The highest BCUT2D eigenvalue weighted by molar-refractivity contribution is 6.06. The van der Waals surface area contributed by atoms with Gasteiger partial charge in [0.2, 0.25) is 11.8 Å². The van der Waals surface area contributed by atoms with Gasteiger partial charge in [-0.05, 0) is 48.1 Å². The average molecular weight is 574 g/mol. The lowest BCUT2D eigenvalue weighted by molar-refractivity contribution is -0.154. The van der Waals surface area contributed by atoms with Crippen molar-refractivity contribution in [1.82, 2.24) is 9.80 Å². The molecule has 8 nitrogen and oxygen atoms in total. The van der Waals surface area contributed by atoms with Crippen molar-refractivity contribution < 1.29 is 24.2 Å². The Kier molecular flexibility index (Phi) is 7.83. The van der Waals surface area contributed by atoms with Crippen LogP contribution in [0.5, 0.6) is 0 Å². The second-order valence-electron chi connectivity index (χ2n) is 12.7. The van der Waals surface area contributed by atoms with Gasteiger partial charge in [0.25, 0.3) is 5.91 Å². The monoisotopic (exact) mass is 573 g/mol. The van der Waals surface area contributed by atoms with E-state index in [0.717, 1.165) is 10.8 Å². The number of amides is 3. The number of fused-ring (bicyclic) bond motifs is 2. The zero-order valence-corrected chi connectivity index (χ0v) is 25.3. The summed E-state index contributed by atoms with van der Waals surface area (Å²) in [6.07, 6.45) is 3.78. The van der Waals surface area contributed by atoms with Gasteiger partial charge in [0.1, 0.15) is 11.6 Å². The smallest absolute Gasteiger partial charge is 0.253 e. The van der Waals surface area contributed by atoms with Gasteiger partial charge in [-0.2, -0.15) is 0 Å². The molecule has 8 heteroatoms. The van der Waals surface area contributed by atoms with Crippen molar-refractivity contribution in [2.75, 3.05) is 31.6 Å². The Bertz CT molecular complexity index is 1420. The minimum absolute atomic E-state index is 0.0805. The van der Waals surface area contributed by atoms with E-state index in [0.29, 0.717) is 18.7 Å². The third kappa shape index (κ3) is 4.30. The van der Waals surface area contributed by atoms with E-state index in [1.165, 1.54) is 0 Å². The molecule has 3 unspecified atom stereocenters. The maximum Gasteiger partial charge on any atom is 0.253 e. The van der Waals surface area contributed by atoms with Gasteiger partial charge in [-0.1, -0.05) is 63.3 Å². The molecule has 42 heavy (non-hydrogen) atoms. The fourth-order valence-electron chi connectivity index (χ4n) is 7.77. The molecule has 3 heterocycles. The minimum Gasteiger partial charge on any atom is -0.394 e. The SMILES string of the molecule is C=CCN(C)C(=O)[C@@H]1[C@H]2C(=O)N([C@@H](CO)C(C)C)C(C(=O)N(CC=C)c3ccc4ccccc4c3)C23CC(C)[C@@]1(C)O3. The first-order valence-corrected chi connectivity index (χ1v) is 14.9. The molecule has 3 amide bonds. The first-order chi connectivity index (χ1) is 20.0. The highest BCUT2D eigenvalue weighted by Crippen LogP contribution is 2.66. The number of likely N-dealkylation sites (tertiary alicyclic amines) is 1. The quantitative estimate of drug-likeness (QED) is 0.434. The summed E-state index contributed by atoms with van der Waals surface area (Å²) in [5, 5.41) is 12.6. The van der Waals surface area contributed by atoms with Gasteiger partial charge in [0, 0.05) is 25.8 Å². The van der Waals surface area contributed by atoms with E-state index in [1.54, 1.807) is 33.9 Å². The van der Waals surface area contributed by atoms with Crippen LogP contribution in [-0.4, -0.2) is 82.7 Å². The van der Waals surface area contributed by atoms with E-state index in [2.05, 4.69) is 13.2 Å². The summed E-state index contributed by atoms with van der Waals surface area (Å²) in [5.41, 5.74) is -1.45. The summed E-state index contributed by atoms with van der Waals surface area (Å²) in [6.45, 7) is 15.7. The lowest BCUT2D eigenvalue weighted by Crippen LogP contribution is -2.60. The number of benzene rings is 2. The Morgan fingerprint density at radius 1 is 1.12 bits per heavy atom. The average Bonchev–Trinajstić information content (AvgIpc) is 3.47. The van der Waals surface area contributed by atoms with Crippen molar-refractivity contribution in [3.05, 3.63) is 67.8 Å². The molecule has 2 bridgehead atoms. The number of carbonyl (C=O) groups is 3. The second kappa shape index (κ2) is 11.0. The van der Waals surface area contributed by atoms with Crippen LogP contribution in [0.1, 0.15) is 34.1 Å². The molecule has 0 radical (unpaired) electrons. The molecule has 2 aromatic rings. The summed E-state index contributed by atoms with van der Waals surface area (Å²) >= 11 is 0. The van der Waals surface area contributed by atoms with Gasteiger partial charge in [-0.3, -0.25) is 14.4 Å². The van der Waals surface area contributed by atoms with Crippen LogP contribution in [0.4, 0.5) is 5.69 Å². The van der Waals surface area contributed by atoms with E-state index in [9.17, 15) is 19.5 Å². The molecule has 224 valence electrons. The summed E-state index contributed by atoms with van der Waals surface area (Å²) in [7, 11) is 1.70. The number of aliphatic hydroxyl groups is 1. The van der Waals surface area contributed by atoms with Crippen LogP contribution in [0, 0.1) is 23.7 Å². The Morgan fingerprint density at radius 2 is 1.79 bits per heavy atom. The third-order valence-corrected chi connectivity index (χ3v) is 9.97. The molecule has 2 aromatic carbocycles. The summed E-state index contributed by atoms with van der Waals surface area (Å²) in [4.78, 5) is 48.3. The number of likely N-dealkylation sites (N-methyl/N-ethyl adjacent to an activating group) is 1. The molecular formula is C34H43N3O5. The van der Waals surface area contributed by atoms with Crippen molar-refractivity contribution in [2.45, 2.75) is 57.4 Å². The number of carbonyl (C=O) groups excluding carboxylic acids is 3. The Labute approximate surface area is 248 Å². The fourth-order valence-corrected chi connectivity index (χ4v) is 7.77. The topological polar surface area (TPSA) is 90.4 Å². The van der Waals surface area contributed by atoms with Crippen molar-refractivity contribution >= 4 is 34.2 Å². The number of ether oxygens (including phenoxy) is 1. The molecule has 1 spiro atoms. The van der Waals surface area contributed by atoms with Crippen LogP contribution in [0.3, 0.4) is 0 Å². The molecule has 3 aliphatic rings. The van der Waals surface area contributed by atoms with Crippen LogP contribution < -0.4 is 4.90 Å². The lowest BCUT2D eigenvalue weighted by atomic mass is 9.62. The summed E-state index contributed by atoms with van der Waals surface area (Å²) < 4.78 is 6.90. The number of rotatable bonds is 10. The Hall–Kier alpha value is -3.49. The Morgan fingerprint density at radius 3 is 2.40 bits per heavy atom. The molecule has 3 aliphatic heterocycles. The number of hydrogen-bond donors (Lipinski definition) is 1. The maximum absolute atomic E-state index is 14.9. The molecule has 3 saturated heterocycles. The molecule has 3 fully saturated rings. The second-order valence-corrected chi connectivity index (χ2v) is 12.7. The normalized spacial score (nSPS) is 30.5. The van der Waals surface area contributed by atoms with Gasteiger partial charge in [-0.15, -0.1) is 13.2 Å². The zero-order chi connectivity index (χ0) is 30.6. The molecule has 5 rings (SSSR count). The van der Waals surface area contributed by atoms with Crippen LogP contribution >= 0.6 is 0 Å². The summed E-state index contributed by atoms with van der Waals surface area (Å²) in [6, 6.07) is 12.1. The predicted molar refractivity (Wildman–Crippen MR) is 164 cm³/mol. The third-order valence-electron chi connectivity index (χ3n) is 9.97. The summed E-state index contributed by atoms with van der Waals surface area (Å²) in [5.74, 6) is -2.63. The number of anilines is 1. The highest BCUT2D eigenvalue weighted by Gasteiger charge is 2.80. The highest BCUT2D eigenvalue weighted by atomic mass is 16.5. The number of hydrogen-bond acceptors (Lipinski definition) is 5. The minimum atomic E-state index is -1.21. The van der Waals surface area contributed by atoms with Gasteiger partial charge in [0.15, 0.2) is 0 Å². The molecule has 0 aliphatic carbocycles. The first-order valence-electron chi connectivity index (χ1n) is 14.9. The van der Waals surface area contributed by atoms with Crippen molar-refractivity contribution in [3.63, 3.8) is 0 Å². The van der Waals surface area contributed by atoms with Gasteiger partial charge < -0.3 is 24.5 Å². The molecular weight excluding hydrogens is 530 g/mol. The largest absolute Gasteiger partial charge is 0.394 e. The van der Waals surface area contributed by atoms with E-state index in [-0.39, 0.29) is 42.7 Å². The van der Waals surface area contributed by atoms with Crippen LogP contribution in [0.25, 0.3) is 10.8 Å².